The summed E-state index contributed by atoms with van der Waals surface area (Å²) in [5, 5.41) is 2.72. The Morgan fingerprint density at radius 1 is 1.38 bits per heavy atom. The molecule has 0 aliphatic carbocycles. The molecule has 0 radical (unpaired) electrons. The van der Waals surface area contributed by atoms with Crippen molar-refractivity contribution < 1.29 is 8.42 Å². The molecule has 86 valence electrons. The molecule has 0 unspecified atom stereocenters. The van der Waals surface area contributed by atoms with Crippen molar-refractivity contribution in [3.8, 4) is 0 Å². The molecule has 0 saturated carbocycles. The minimum Gasteiger partial charge on any atom is -0.372 e. The molecule has 0 saturated heterocycles. The third-order valence-corrected chi connectivity index (χ3v) is 4.56. The van der Waals surface area contributed by atoms with Crippen LogP contribution in [0.4, 0.5) is 5.82 Å². The molecule has 2 aromatic rings. The smallest absolute Gasteiger partial charge is 0.348 e. The Balaban J connectivity index is 2.85. The molecule has 0 fully saturated rings. The average Bonchev–Trinajstić information content (AvgIpc) is 2.59. The number of fused-ring (bicyclic) bond motifs is 1. The SMILES string of the molecule is CNc1nc(=O)[nH]c2nc(S(C)(=O)=O)sc12. The zero-order valence-electron chi connectivity index (χ0n) is 8.44. The van der Waals surface area contributed by atoms with Crippen molar-refractivity contribution in [3.05, 3.63) is 10.5 Å². The molecular formula is C7H8N4O3S2. The van der Waals surface area contributed by atoms with Gasteiger partial charge in [0.05, 0.1) is 0 Å². The standard InChI is InChI=1S/C7H8N4O3S2/c1-8-4-3-5(10-6(12)9-4)11-7(15-3)16(2,13)14/h1-2H3,(H2,8,9,10,12). The lowest BCUT2D eigenvalue weighted by molar-refractivity contribution is 0.601. The van der Waals surface area contributed by atoms with Gasteiger partial charge in [0.15, 0.2) is 11.5 Å². The van der Waals surface area contributed by atoms with Crippen LogP contribution < -0.4 is 11.0 Å². The first-order chi connectivity index (χ1) is 7.41. The molecule has 2 heterocycles. The summed E-state index contributed by atoms with van der Waals surface area (Å²) in [6.45, 7) is 0. The molecule has 0 aliphatic heterocycles. The maximum Gasteiger partial charge on any atom is 0.348 e. The zero-order valence-corrected chi connectivity index (χ0v) is 10.1. The number of rotatable bonds is 2. The number of hydrogen-bond acceptors (Lipinski definition) is 7. The number of anilines is 1. The van der Waals surface area contributed by atoms with Crippen LogP contribution in [0.15, 0.2) is 9.13 Å². The van der Waals surface area contributed by atoms with Crippen LogP contribution in [0.1, 0.15) is 0 Å². The number of aromatic nitrogens is 3. The molecule has 7 nitrogen and oxygen atoms in total. The molecule has 2 rings (SSSR count). The van der Waals surface area contributed by atoms with E-state index >= 15 is 0 Å². The Labute approximate surface area is 94.5 Å². The maximum absolute atomic E-state index is 11.3. The van der Waals surface area contributed by atoms with Crippen LogP contribution in [0.25, 0.3) is 10.3 Å². The van der Waals surface area contributed by atoms with E-state index in [-0.39, 0.29) is 9.99 Å². The number of H-pyrrole nitrogens is 1. The van der Waals surface area contributed by atoms with Gasteiger partial charge in [-0.2, -0.15) is 4.98 Å². The van der Waals surface area contributed by atoms with Gasteiger partial charge in [-0.25, -0.2) is 18.2 Å². The van der Waals surface area contributed by atoms with E-state index in [1.807, 2.05) is 0 Å². The fourth-order valence-electron chi connectivity index (χ4n) is 1.16. The Hall–Kier alpha value is -1.48. The molecule has 0 aromatic carbocycles. The fraction of sp³-hybridized carbons (Fsp3) is 0.286. The van der Waals surface area contributed by atoms with E-state index in [1.54, 1.807) is 7.05 Å². The lowest BCUT2D eigenvalue weighted by atomic mass is 10.5. The van der Waals surface area contributed by atoms with E-state index in [0.717, 1.165) is 17.6 Å². The van der Waals surface area contributed by atoms with Crippen molar-refractivity contribution in [1.82, 2.24) is 15.0 Å². The normalized spacial score (nSPS) is 11.9. The third kappa shape index (κ3) is 1.78. The summed E-state index contributed by atoms with van der Waals surface area (Å²) < 4.78 is 23.1. The topological polar surface area (TPSA) is 105 Å². The van der Waals surface area contributed by atoms with Gasteiger partial charge in [-0.3, -0.25) is 4.98 Å². The molecule has 0 bridgehead atoms. The Morgan fingerprint density at radius 2 is 2.06 bits per heavy atom. The molecule has 9 heteroatoms. The highest BCUT2D eigenvalue weighted by Crippen LogP contribution is 2.27. The maximum atomic E-state index is 11.3. The third-order valence-electron chi connectivity index (χ3n) is 1.82. The second kappa shape index (κ2) is 3.52. The average molecular weight is 260 g/mol. The number of nitrogens with one attached hydrogen (secondary N) is 2. The van der Waals surface area contributed by atoms with Gasteiger partial charge in [-0.1, -0.05) is 11.3 Å². The second-order valence-corrected chi connectivity index (χ2v) is 6.26. The van der Waals surface area contributed by atoms with Crippen LogP contribution in [0.3, 0.4) is 0 Å². The van der Waals surface area contributed by atoms with Gasteiger partial charge in [0, 0.05) is 13.3 Å². The number of hydrogen-bond donors (Lipinski definition) is 2. The monoisotopic (exact) mass is 260 g/mol. The van der Waals surface area contributed by atoms with Crippen molar-refractivity contribution in [2.45, 2.75) is 4.34 Å². The van der Waals surface area contributed by atoms with Gasteiger partial charge in [0.25, 0.3) is 0 Å². The molecule has 16 heavy (non-hydrogen) atoms. The predicted octanol–water partition coefficient (Wildman–Crippen LogP) is -0.175. The van der Waals surface area contributed by atoms with Crippen molar-refractivity contribution in [2.24, 2.45) is 0 Å². The van der Waals surface area contributed by atoms with E-state index in [2.05, 4.69) is 20.3 Å². The van der Waals surface area contributed by atoms with E-state index in [9.17, 15) is 13.2 Å². The molecule has 0 aliphatic rings. The summed E-state index contributed by atoms with van der Waals surface area (Å²) in [6.07, 6.45) is 1.06. The zero-order chi connectivity index (χ0) is 11.9. The van der Waals surface area contributed by atoms with Gasteiger partial charge in [-0.05, 0) is 0 Å². The number of aromatic amines is 1. The summed E-state index contributed by atoms with van der Waals surface area (Å²) >= 11 is 0.970. The summed E-state index contributed by atoms with van der Waals surface area (Å²) in [7, 11) is -1.77. The van der Waals surface area contributed by atoms with Crippen LogP contribution in [-0.4, -0.2) is 36.7 Å². The Morgan fingerprint density at radius 3 is 2.62 bits per heavy atom. The molecular weight excluding hydrogens is 252 g/mol. The number of sulfone groups is 1. The van der Waals surface area contributed by atoms with Crippen LogP contribution in [0, 0.1) is 0 Å². The molecule has 0 spiro atoms. The van der Waals surface area contributed by atoms with Gasteiger partial charge >= 0.3 is 5.69 Å². The summed E-state index contributed by atoms with van der Waals surface area (Å²) in [5.74, 6) is 0.325. The Kier molecular flexibility index (Phi) is 2.43. The van der Waals surface area contributed by atoms with Crippen molar-refractivity contribution >= 4 is 37.3 Å². The van der Waals surface area contributed by atoms with Crippen molar-refractivity contribution in [1.29, 1.82) is 0 Å². The van der Waals surface area contributed by atoms with Gasteiger partial charge < -0.3 is 5.32 Å². The highest BCUT2D eigenvalue weighted by molar-refractivity contribution is 7.92. The van der Waals surface area contributed by atoms with Gasteiger partial charge in [-0.15, -0.1) is 0 Å². The number of nitrogens with zero attached hydrogens (tertiary/aromatic N) is 2. The minimum atomic E-state index is -3.37. The van der Waals surface area contributed by atoms with E-state index in [1.165, 1.54) is 0 Å². The highest BCUT2D eigenvalue weighted by atomic mass is 32.2. The lowest BCUT2D eigenvalue weighted by Crippen LogP contribution is -2.12. The first-order valence-electron chi connectivity index (χ1n) is 4.20. The largest absolute Gasteiger partial charge is 0.372 e. The molecule has 0 atom stereocenters. The van der Waals surface area contributed by atoms with Crippen molar-refractivity contribution in [3.63, 3.8) is 0 Å². The van der Waals surface area contributed by atoms with E-state index < -0.39 is 15.5 Å². The highest BCUT2D eigenvalue weighted by Gasteiger charge is 2.17. The van der Waals surface area contributed by atoms with Crippen LogP contribution >= 0.6 is 11.3 Å². The molecule has 2 aromatic heterocycles. The summed E-state index contributed by atoms with van der Waals surface area (Å²) in [4.78, 5) is 21.0. The molecule has 2 N–H and O–H groups in total. The lowest BCUT2D eigenvalue weighted by Gasteiger charge is -1.96. The van der Waals surface area contributed by atoms with Crippen molar-refractivity contribution in [2.75, 3.05) is 18.6 Å². The predicted molar refractivity (Wildman–Crippen MR) is 60.7 cm³/mol. The first kappa shape index (κ1) is 11.0. The van der Waals surface area contributed by atoms with Crippen LogP contribution in [0.2, 0.25) is 0 Å². The summed E-state index contributed by atoms with van der Waals surface area (Å²) in [5.41, 5.74) is -0.336. The van der Waals surface area contributed by atoms with Gasteiger partial charge in [0.1, 0.15) is 4.70 Å². The van der Waals surface area contributed by atoms with Gasteiger partial charge in [0.2, 0.25) is 14.2 Å². The molecule has 0 amide bonds. The second-order valence-electron chi connectivity index (χ2n) is 3.07. The van der Waals surface area contributed by atoms with Crippen LogP contribution in [-0.2, 0) is 9.84 Å². The minimum absolute atomic E-state index is 0.0392. The van der Waals surface area contributed by atoms with Crippen LogP contribution in [0.5, 0.6) is 0 Å². The quantitative estimate of drug-likeness (QED) is 0.776. The first-order valence-corrected chi connectivity index (χ1v) is 6.91. The van der Waals surface area contributed by atoms with E-state index in [0.29, 0.717) is 10.5 Å². The Bertz CT molecular complexity index is 700. The summed E-state index contributed by atoms with van der Waals surface area (Å²) in [6, 6.07) is 0. The fourth-order valence-corrected chi connectivity index (χ4v) is 3.02. The van der Waals surface area contributed by atoms with E-state index in [4.69, 9.17) is 0 Å². The number of thiazole rings is 1.